The van der Waals surface area contributed by atoms with Crippen LogP contribution in [-0.2, 0) is 26.2 Å². The molecule has 0 aliphatic heterocycles. The average Bonchev–Trinajstić information content (AvgIpc) is 3.04. The molecule has 0 fully saturated rings. The molecule has 2 N–H and O–H groups in total. The first-order valence-electron chi connectivity index (χ1n) is 14.5. The molecule has 0 aliphatic carbocycles. The fourth-order valence-corrected chi connectivity index (χ4v) is 5.64. The molecule has 0 saturated heterocycles. The van der Waals surface area contributed by atoms with Gasteiger partial charge in [-0.25, -0.2) is 17.2 Å². The number of sulfonamides is 1. The van der Waals surface area contributed by atoms with E-state index < -0.39 is 40.2 Å². The van der Waals surface area contributed by atoms with Gasteiger partial charge < -0.3 is 15.0 Å². The molecular weight excluding hydrogens is 600 g/mol. The highest BCUT2D eigenvalue weighted by Crippen LogP contribution is 2.25. The Morgan fingerprint density at radius 2 is 1.44 bits per heavy atom. The number of carbonyl (C=O) groups excluding carboxylic acids is 2. The van der Waals surface area contributed by atoms with Gasteiger partial charge in [0, 0.05) is 18.8 Å². The van der Waals surface area contributed by atoms with Crippen molar-refractivity contribution in [2.45, 2.75) is 43.7 Å². The number of nitrogens with zero attached hydrogens (tertiary/aromatic N) is 1. The third kappa shape index (κ3) is 9.61. The van der Waals surface area contributed by atoms with Gasteiger partial charge in [0.05, 0.1) is 4.90 Å². The number of halogens is 2. The highest BCUT2D eigenvalue weighted by atomic mass is 32.2. The molecule has 236 valence electrons. The molecule has 0 unspecified atom stereocenters. The second-order valence-electron chi connectivity index (χ2n) is 10.3. The van der Waals surface area contributed by atoms with Gasteiger partial charge in [-0.2, -0.15) is 0 Å². The molecule has 0 bridgehead atoms. The zero-order valence-electron chi connectivity index (χ0n) is 24.8. The number of hydrogen-bond acceptors (Lipinski definition) is 5. The first kappa shape index (κ1) is 33.1. The number of nitrogens with one attached hydrogen (secondary N) is 2. The van der Waals surface area contributed by atoms with E-state index in [9.17, 15) is 26.8 Å². The predicted octanol–water partition coefficient (Wildman–Crippen LogP) is 6.22. The second-order valence-corrected chi connectivity index (χ2v) is 12.0. The number of amides is 2. The molecule has 45 heavy (non-hydrogen) atoms. The third-order valence-corrected chi connectivity index (χ3v) is 8.33. The van der Waals surface area contributed by atoms with Crippen LogP contribution in [-0.4, -0.2) is 38.3 Å². The zero-order valence-corrected chi connectivity index (χ0v) is 25.6. The van der Waals surface area contributed by atoms with Crippen LogP contribution < -0.4 is 14.8 Å². The van der Waals surface area contributed by atoms with E-state index in [0.29, 0.717) is 17.7 Å². The minimum Gasteiger partial charge on any atom is -0.484 e. The zero-order chi connectivity index (χ0) is 32.2. The largest absolute Gasteiger partial charge is 0.484 e. The van der Waals surface area contributed by atoms with Crippen molar-refractivity contribution in [3.8, 4) is 5.75 Å². The van der Waals surface area contributed by atoms with Crippen LogP contribution in [0.3, 0.4) is 0 Å². The Balaban J connectivity index is 1.53. The van der Waals surface area contributed by atoms with Crippen molar-refractivity contribution in [2.75, 3.05) is 17.9 Å². The number of rotatable bonds is 15. The third-order valence-electron chi connectivity index (χ3n) is 6.93. The molecule has 0 spiro atoms. The topological polar surface area (TPSA) is 105 Å². The Kier molecular flexibility index (Phi) is 11.6. The minimum absolute atomic E-state index is 0.0106. The normalized spacial score (nSPS) is 11.8. The Bertz CT molecular complexity index is 1650. The number of anilines is 1. The van der Waals surface area contributed by atoms with Crippen LogP contribution >= 0.6 is 0 Å². The molecule has 0 saturated carbocycles. The molecule has 4 aromatic carbocycles. The lowest BCUT2D eigenvalue weighted by Crippen LogP contribution is -2.45. The summed E-state index contributed by atoms with van der Waals surface area (Å²) in [4.78, 5) is 28.6. The highest BCUT2D eigenvalue weighted by molar-refractivity contribution is 7.92. The summed E-state index contributed by atoms with van der Waals surface area (Å²) in [5.74, 6) is -1.55. The maximum absolute atomic E-state index is 13.8. The van der Waals surface area contributed by atoms with E-state index in [-0.39, 0.29) is 28.8 Å². The highest BCUT2D eigenvalue weighted by Gasteiger charge is 2.31. The van der Waals surface area contributed by atoms with Gasteiger partial charge in [0.15, 0.2) is 6.61 Å². The summed E-state index contributed by atoms with van der Waals surface area (Å²) in [6, 6.07) is 24.0. The van der Waals surface area contributed by atoms with E-state index in [1.165, 1.54) is 53.4 Å². The molecule has 4 aromatic rings. The molecular formula is C34H35F2N3O5S. The van der Waals surface area contributed by atoms with Crippen LogP contribution in [0.25, 0.3) is 0 Å². The quantitative estimate of drug-likeness (QED) is 0.151. The molecule has 0 heterocycles. The number of benzene rings is 4. The minimum atomic E-state index is -3.96. The van der Waals surface area contributed by atoms with Gasteiger partial charge in [-0.3, -0.25) is 14.3 Å². The molecule has 2 amide bonds. The molecule has 0 aliphatic rings. The summed E-state index contributed by atoms with van der Waals surface area (Å²) >= 11 is 0. The number of hydrogen-bond donors (Lipinski definition) is 2. The molecule has 4 rings (SSSR count). The summed E-state index contributed by atoms with van der Waals surface area (Å²) in [5.41, 5.74) is 1.42. The van der Waals surface area contributed by atoms with Crippen LogP contribution in [0.5, 0.6) is 5.75 Å². The molecule has 11 heteroatoms. The van der Waals surface area contributed by atoms with Gasteiger partial charge in [-0.1, -0.05) is 62.2 Å². The van der Waals surface area contributed by atoms with Crippen molar-refractivity contribution >= 4 is 27.5 Å². The molecule has 1 atom stereocenters. The average molecular weight is 636 g/mol. The fraction of sp³-hybridized carbons (Fsp3) is 0.235. The predicted molar refractivity (Wildman–Crippen MR) is 168 cm³/mol. The van der Waals surface area contributed by atoms with E-state index in [1.54, 1.807) is 36.4 Å². The van der Waals surface area contributed by atoms with Crippen LogP contribution in [0.1, 0.15) is 43.4 Å². The van der Waals surface area contributed by atoms with Crippen molar-refractivity contribution in [3.05, 3.63) is 126 Å². The first-order valence-corrected chi connectivity index (χ1v) is 16.0. The van der Waals surface area contributed by atoms with E-state index in [4.69, 9.17) is 4.74 Å². The number of ether oxygens (including phenoxy) is 1. The summed E-state index contributed by atoms with van der Waals surface area (Å²) in [6.45, 7) is 2.08. The van der Waals surface area contributed by atoms with Gasteiger partial charge in [0.25, 0.3) is 15.9 Å². The van der Waals surface area contributed by atoms with Crippen LogP contribution in [0.2, 0.25) is 0 Å². The Morgan fingerprint density at radius 3 is 2.07 bits per heavy atom. The second kappa shape index (κ2) is 15.8. The number of unbranched alkanes of at least 4 members (excludes halogenated alkanes) is 2. The standard InChI is InChI=1S/C34H35F2N3O5S/c1-2-3-7-22-37-34(41)33(26-8-5-4-6-9-26)39(23-25-10-12-27(35)13-11-25)32(40)24-44-30-18-20-31(21-19-30)45(42,43)38-29-16-14-28(36)15-17-29/h4-6,8-21,33,38H,2-3,7,22-24H2,1H3,(H,37,41)/t33-/m1/s1. The van der Waals surface area contributed by atoms with Gasteiger partial charge >= 0.3 is 0 Å². The molecule has 0 radical (unpaired) electrons. The molecule has 0 aromatic heterocycles. The van der Waals surface area contributed by atoms with Gasteiger partial charge in [0.1, 0.15) is 23.4 Å². The van der Waals surface area contributed by atoms with Crippen LogP contribution in [0.4, 0.5) is 14.5 Å². The number of carbonyl (C=O) groups is 2. The molecule has 8 nitrogen and oxygen atoms in total. The van der Waals surface area contributed by atoms with Crippen LogP contribution in [0, 0.1) is 11.6 Å². The first-order chi connectivity index (χ1) is 21.7. The fourth-order valence-electron chi connectivity index (χ4n) is 4.58. The maximum Gasteiger partial charge on any atom is 0.261 e. The monoisotopic (exact) mass is 635 g/mol. The summed E-state index contributed by atoms with van der Waals surface area (Å²) in [5, 5.41) is 2.95. The van der Waals surface area contributed by atoms with Gasteiger partial charge in [0.2, 0.25) is 5.91 Å². The van der Waals surface area contributed by atoms with E-state index in [0.717, 1.165) is 31.4 Å². The van der Waals surface area contributed by atoms with Crippen molar-refractivity contribution in [1.82, 2.24) is 10.2 Å². The Morgan fingerprint density at radius 1 is 0.822 bits per heavy atom. The summed E-state index contributed by atoms with van der Waals surface area (Å²) < 4.78 is 60.5. The lowest BCUT2D eigenvalue weighted by Gasteiger charge is -2.31. The lowest BCUT2D eigenvalue weighted by atomic mass is 10.0. The smallest absolute Gasteiger partial charge is 0.261 e. The SMILES string of the molecule is CCCCCNC(=O)[C@@H](c1ccccc1)N(Cc1ccc(F)cc1)C(=O)COc1ccc(S(=O)(=O)Nc2ccc(F)cc2)cc1. The summed E-state index contributed by atoms with van der Waals surface area (Å²) in [7, 11) is -3.96. The summed E-state index contributed by atoms with van der Waals surface area (Å²) in [6.07, 6.45) is 2.73. The van der Waals surface area contributed by atoms with E-state index in [1.807, 2.05) is 6.07 Å². The lowest BCUT2D eigenvalue weighted by molar-refractivity contribution is -0.143. The van der Waals surface area contributed by atoms with Crippen LogP contribution in [0.15, 0.2) is 108 Å². The van der Waals surface area contributed by atoms with Crippen molar-refractivity contribution in [2.24, 2.45) is 0 Å². The Hall–Kier alpha value is -4.77. The van der Waals surface area contributed by atoms with Crippen molar-refractivity contribution in [3.63, 3.8) is 0 Å². The maximum atomic E-state index is 13.8. The van der Waals surface area contributed by atoms with Gasteiger partial charge in [-0.05, 0) is 78.2 Å². The van der Waals surface area contributed by atoms with Crippen molar-refractivity contribution < 1.29 is 31.5 Å². The Labute approximate surface area is 262 Å². The van der Waals surface area contributed by atoms with E-state index >= 15 is 0 Å². The van der Waals surface area contributed by atoms with E-state index in [2.05, 4.69) is 17.0 Å². The van der Waals surface area contributed by atoms with Gasteiger partial charge in [-0.15, -0.1) is 0 Å². The van der Waals surface area contributed by atoms with Crippen molar-refractivity contribution in [1.29, 1.82) is 0 Å².